The highest BCUT2D eigenvalue weighted by Crippen LogP contribution is 2.24. The fourth-order valence-corrected chi connectivity index (χ4v) is 1.45. The Labute approximate surface area is 90.0 Å². The molecule has 0 radical (unpaired) electrons. The van der Waals surface area contributed by atoms with Crippen molar-refractivity contribution in [2.24, 2.45) is 0 Å². The summed E-state index contributed by atoms with van der Waals surface area (Å²) in [5.74, 6) is 0. The summed E-state index contributed by atoms with van der Waals surface area (Å²) in [6.07, 6.45) is 3.58. The van der Waals surface area contributed by atoms with Crippen molar-refractivity contribution < 1.29 is 0 Å². The van der Waals surface area contributed by atoms with Crippen LogP contribution in [0.2, 0.25) is 5.02 Å². The van der Waals surface area contributed by atoms with Gasteiger partial charge in [0.1, 0.15) is 5.65 Å². The molecule has 5 heteroatoms. The van der Waals surface area contributed by atoms with Crippen molar-refractivity contribution in [1.29, 1.82) is 0 Å². The van der Waals surface area contributed by atoms with E-state index >= 15 is 0 Å². The predicted molar refractivity (Wildman–Crippen MR) is 54.6 cm³/mol. The zero-order valence-corrected chi connectivity index (χ0v) is 8.68. The van der Waals surface area contributed by atoms with Gasteiger partial charge >= 0.3 is 0 Å². The molecule has 0 aliphatic carbocycles. The molecule has 2 nitrogen and oxygen atoms in total. The minimum atomic E-state index is -0.598. The number of halogens is 3. The molecule has 0 aliphatic heterocycles. The number of alkyl halides is 2. The van der Waals surface area contributed by atoms with Crippen LogP contribution in [0.3, 0.4) is 0 Å². The first-order chi connectivity index (χ1) is 6.16. The van der Waals surface area contributed by atoms with Gasteiger partial charge in [0.15, 0.2) is 4.84 Å². The predicted octanol–water partition coefficient (Wildman–Crippen LogP) is 3.46. The van der Waals surface area contributed by atoms with Crippen molar-refractivity contribution in [3.63, 3.8) is 0 Å². The van der Waals surface area contributed by atoms with E-state index in [1.807, 2.05) is 10.6 Å². The van der Waals surface area contributed by atoms with E-state index in [1.54, 1.807) is 18.3 Å². The molecular weight excluding hydrogens is 230 g/mol. The van der Waals surface area contributed by atoms with E-state index in [0.717, 1.165) is 5.65 Å². The molecule has 0 unspecified atom stereocenters. The molecule has 0 N–H and O–H groups in total. The van der Waals surface area contributed by atoms with E-state index in [1.165, 1.54) is 0 Å². The third-order valence-electron chi connectivity index (χ3n) is 1.66. The van der Waals surface area contributed by atoms with Gasteiger partial charge in [-0.1, -0.05) is 34.8 Å². The van der Waals surface area contributed by atoms with Gasteiger partial charge in [-0.15, -0.1) is 0 Å². The summed E-state index contributed by atoms with van der Waals surface area (Å²) >= 11 is 17.1. The van der Waals surface area contributed by atoms with Crippen LogP contribution < -0.4 is 0 Å². The zero-order valence-electron chi connectivity index (χ0n) is 6.42. The molecular formula is C8H5Cl3N2. The summed E-state index contributed by atoms with van der Waals surface area (Å²) in [4.78, 5) is 3.59. The molecule has 2 heterocycles. The third-order valence-corrected chi connectivity index (χ3v) is 2.35. The Morgan fingerprint density at radius 2 is 2.15 bits per heavy atom. The molecule has 68 valence electrons. The summed E-state index contributed by atoms with van der Waals surface area (Å²) in [6.45, 7) is 0. The van der Waals surface area contributed by atoms with E-state index in [0.29, 0.717) is 10.7 Å². The number of rotatable bonds is 1. The van der Waals surface area contributed by atoms with E-state index < -0.39 is 4.84 Å². The maximum Gasteiger partial charge on any atom is 0.151 e. The van der Waals surface area contributed by atoms with Crippen LogP contribution >= 0.6 is 34.8 Å². The van der Waals surface area contributed by atoms with Crippen LogP contribution in [0.5, 0.6) is 0 Å². The Morgan fingerprint density at radius 3 is 2.85 bits per heavy atom. The lowest BCUT2D eigenvalue weighted by Crippen LogP contribution is -1.79. The molecule has 0 aromatic carbocycles. The van der Waals surface area contributed by atoms with Gasteiger partial charge in [0.2, 0.25) is 0 Å². The minimum absolute atomic E-state index is 0.598. The molecule has 0 aliphatic rings. The Kier molecular flexibility index (Phi) is 2.37. The second-order valence-corrected chi connectivity index (χ2v) is 4.11. The van der Waals surface area contributed by atoms with Gasteiger partial charge in [0.05, 0.1) is 5.69 Å². The number of imidazole rings is 1. The molecule has 0 atom stereocenters. The van der Waals surface area contributed by atoms with Gasteiger partial charge in [-0.2, -0.15) is 0 Å². The summed E-state index contributed by atoms with van der Waals surface area (Å²) in [5.41, 5.74) is 1.37. The van der Waals surface area contributed by atoms with Crippen molar-refractivity contribution in [3.8, 4) is 0 Å². The highest BCUT2D eigenvalue weighted by atomic mass is 35.5. The fraction of sp³-hybridized carbons (Fsp3) is 0.125. The van der Waals surface area contributed by atoms with Gasteiger partial charge in [-0.3, -0.25) is 0 Å². The van der Waals surface area contributed by atoms with Gasteiger partial charge in [0.25, 0.3) is 0 Å². The van der Waals surface area contributed by atoms with Crippen LogP contribution in [0.15, 0.2) is 24.5 Å². The normalized spacial score (nSPS) is 11.4. The average molecular weight is 236 g/mol. The van der Waals surface area contributed by atoms with Crippen LogP contribution in [0, 0.1) is 0 Å². The van der Waals surface area contributed by atoms with Gasteiger partial charge in [-0.05, 0) is 12.1 Å². The quantitative estimate of drug-likeness (QED) is 0.692. The Morgan fingerprint density at radius 1 is 1.38 bits per heavy atom. The first-order valence-electron chi connectivity index (χ1n) is 3.59. The molecule has 2 rings (SSSR count). The molecule has 0 spiro atoms. The standard InChI is InChI=1S/C8H5Cl3N2/c9-5-1-2-13-4-6(8(10)11)12-7(13)3-5/h1-4,8H. The van der Waals surface area contributed by atoms with Crippen molar-refractivity contribution >= 4 is 40.4 Å². The van der Waals surface area contributed by atoms with E-state index in [-0.39, 0.29) is 0 Å². The van der Waals surface area contributed by atoms with Gasteiger partial charge in [-0.25, -0.2) is 4.98 Å². The smallest absolute Gasteiger partial charge is 0.151 e. The lowest BCUT2D eigenvalue weighted by Gasteiger charge is -1.90. The first kappa shape index (κ1) is 9.13. The number of aromatic nitrogens is 2. The molecule has 0 amide bonds. The highest BCUT2D eigenvalue weighted by molar-refractivity contribution is 6.43. The summed E-state index contributed by atoms with van der Waals surface area (Å²) < 4.78 is 1.82. The van der Waals surface area contributed by atoms with Crippen LogP contribution in [0.4, 0.5) is 0 Å². The summed E-state index contributed by atoms with van der Waals surface area (Å²) in [7, 11) is 0. The molecule has 2 aromatic rings. The fourth-order valence-electron chi connectivity index (χ4n) is 1.08. The van der Waals surface area contributed by atoms with E-state index in [9.17, 15) is 0 Å². The lowest BCUT2D eigenvalue weighted by molar-refractivity contribution is 1.18. The van der Waals surface area contributed by atoms with E-state index in [2.05, 4.69) is 4.98 Å². The lowest BCUT2D eigenvalue weighted by atomic mass is 10.5. The number of fused-ring (bicyclic) bond motifs is 1. The molecule has 0 saturated carbocycles. The van der Waals surface area contributed by atoms with Crippen LogP contribution in [0.25, 0.3) is 5.65 Å². The molecule has 2 aromatic heterocycles. The maximum atomic E-state index is 5.79. The SMILES string of the molecule is Clc1ccn2cc(C(Cl)Cl)nc2c1. The Bertz CT molecular complexity index is 436. The number of nitrogens with zero attached hydrogens (tertiary/aromatic N) is 2. The maximum absolute atomic E-state index is 5.79. The van der Waals surface area contributed by atoms with Crippen LogP contribution in [-0.4, -0.2) is 9.38 Å². The van der Waals surface area contributed by atoms with Crippen molar-refractivity contribution in [3.05, 3.63) is 35.2 Å². The molecule has 0 bridgehead atoms. The van der Waals surface area contributed by atoms with Gasteiger partial charge < -0.3 is 4.40 Å². The second kappa shape index (κ2) is 3.37. The second-order valence-electron chi connectivity index (χ2n) is 2.58. The van der Waals surface area contributed by atoms with Crippen LogP contribution in [-0.2, 0) is 0 Å². The zero-order chi connectivity index (χ0) is 9.42. The largest absolute Gasteiger partial charge is 0.307 e. The first-order valence-corrected chi connectivity index (χ1v) is 4.84. The van der Waals surface area contributed by atoms with Gasteiger partial charge in [0, 0.05) is 17.4 Å². The van der Waals surface area contributed by atoms with Crippen molar-refractivity contribution in [2.75, 3.05) is 0 Å². The molecule has 13 heavy (non-hydrogen) atoms. The van der Waals surface area contributed by atoms with Crippen molar-refractivity contribution in [2.45, 2.75) is 4.84 Å². The van der Waals surface area contributed by atoms with Crippen LogP contribution in [0.1, 0.15) is 10.5 Å². The Hall–Kier alpha value is -0.440. The number of hydrogen-bond donors (Lipinski definition) is 0. The molecule has 0 saturated heterocycles. The summed E-state index contributed by atoms with van der Waals surface area (Å²) in [6, 6.07) is 3.53. The monoisotopic (exact) mass is 234 g/mol. The molecule has 0 fully saturated rings. The topological polar surface area (TPSA) is 17.3 Å². The van der Waals surface area contributed by atoms with E-state index in [4.69, 9.17) is 34.8 Å². The van der Waals surface area contributed by atoms with Crippen molar-refractivity contribution in [1.82, 2.24) is 9.38 Å². The third kappa shape index (κ3) is 1.75. The average Bonchev–Trinajstić information content (AvgIpc) is 2.46. The summed E-state index contributed by atoms with van der Waals surface area (Å²) in [5, 5.41) is 0.644. The number of hydrogen-bond acceptors (Lipinski definition) is 1. The highest BCUT2D eigenvalue weighted by Gasteiger charge is 2.08. The number of pyridine rings is 1. The minimum Gasteiger partial charge on any atom is -0.307 e. The Balaban J connectivity index is 2.62.